The minimum Gasteiger partial charge on any atom is -0.394 e. The smallest absolute Gasteiger partial charge is 0.253 e. The molecule has 1 aliphatic rings. The van der Waals surface area contributed by atoms with Crippen LogP contribution in [0.15, 0.2) is 41.4 Å². The van der Waals surface area contributed by atoms with Crippen LogP contribution in [0, 0.1) is 0 Å². The summed E-state index contributed by atoms with van der Waals surface area (Å²) in [4.78, 5) is 20.7. The third-order valence-corrected chi connectivity index (χ3v) is 5.89. The lowest BCUT2D eigenvalue weighted by atomic mass is 10.1. The summed E-state index contributed by atoms with van der Waals surface area (Å²) in [6.07, 6.45) is 2.65. The number of carbonyl (C=O) groups is 1. The van der Waals surface area contributed by atoms with Crippen molar-refractivity contribution >= 4 is 17.7 Å². The first-order chi connectivity index (χ1) is 13.1. The molecule has 0 radical (unpaired) electrons. The number of aliphatic hydroxyl groups is 1. The molecule has 6 heteroatoms. The summed E-state index contributed by atoms with van der Waals surface area (Å²) >= 11 is 1.77. The minimum absolute atomic E-state index is 0.148. The minimum atomic E-state index is -0.433. The molecule has 0 fully saturated rings. The molecule has 1 amide bonds. The molecule has 2 atom stereocenters. The highest BCUT2D eigenvalue weighted by molar-refractivity contribution is 7.99. The lowest BCUT2D eigenvalue weighted by molar-refractivity contribution is 0.0915. The van der Waals surface area contributed by atoms with Gasteiger partial charge in [-0.3, -0.25) is 14.7 Å². The summed E-state index contributed by atoms with van der Waals surface area (Å²) in [7, 11) is 2.08. The second-order valence-corrected chi connectivity index (χ2v) is 8.16. The van der Waals surface area contributed by atoms with Gasteiger partial charge in [-0.05, 0) is 48.5 Å². The monoisotopic (exact) mass is 385 g/mol. The van der Waals surface area contributed by atoms with E-state index in [9.17, 15) is 9.90 Å². The van der Waals surface area contributed by atoms with E-state index in [4.69, 9.17) is 0 Å². The molecule has 0 bridgehead atoms. The number of nitrogens with zero attached hydrogens (tertiary/aromatic N) is 2. The molecule has 27 heavy (non-hydrogen) atoms. The van der Waals surface area contributed by atoms with Crippen LogP contribution < -0.4 is 5.32 Å². The van der Waals surface area contributed by atoms with Gasteiger partial charge in [0.15, 0.2) is 0 Å². The van der Waals surface area contributed by atoms with Crippen molar-refractivity contribution in [2.75, 3.05) is 19.4 Å². The molecule has 0 spiro atoms. The van der Waals surface area contributed by atoms with E-state index in [-0.39, 0.29) is 12.5 Å². The van der Waals surface area contributed by atoms with Crippen LogP contribution in [0.5, 0.6) is 0 Å². The summed E-state index contributed by atoms with van der Waals surface area (Å²) in [6, 6.07) is 9.78. The third-order valence-electron chi connectivity index (χ3n) is 5.00. The third kappa shape index (κ3) is 4.34. The number of hydrogen-bond acceptors (Lipinski definition) is 5. The number of pyridine rings is 1. The molecule has 1 aromatic heterocycles. The van der Waals surface area contributed by atoms with Crippen molar-refractivity contribution in [2.45, 2.75) is 43.8 Å². The summed E-state index contributed by atoms with van der Waals surface area (Å²) in [5.41, 5.74) is 3.61. The van der Waals surface area contributed by atoms with Crippen molar-refractivity contribution in [3.05, 3.63) is 58.9 Å². The van der Waals surface area contributed by atoms with Crippen LogP contribution in [-0.4, -0.2) is 40.3 Å². The maximum atomic E-state index is 12.7. The van der Waals surface area contributed by atoms with E-state index in [2.05, 4.69) is 36.1 Å². The Balaban J connectivity index is 1.73. The van der Waals surface area contributed by atoms with Crippen molar-refractivity contribution in [1.82, 2.24) is 15.2 Å². The van der Waals surface area contributed by atoms with Gasteiger partial charge in [0, 0.05) is 17.6 Å². The van der Waals surface area contributed by atoms with Crippen molar-refractivity contribution in [2.24, 2.45) is 0 Å². The van der Waals surface area contributed by atoms with Crippen LogP contribution in [0.1, 0.15) is 59.5 Å². The number of aromatic nitrogens is 1. The number of thioether (sulfide) groups is 1. The molecular formula is C21H27N3O2S. The Morgan fingerprint density at radius 3 is 2.74 bits per heavy atom. The standard InChI is InChI=1S/C21H27N3O2S/c1-4-19-20-16(12-24(19)3)10-15(11-22-20)21(26)23-18(13-25)14-6-8-17(9-7-14)27-5-2/h6-11,18-19,25H,4-5,12-13H2,1-3H3,(H,23,26). The Bertz CT molecular complexity index is 795. The fourth-order valence-electron chi connectivity index (χ4n) is 3.60. The van der Waals surface area contributed by atoms with Crippen molar-refractivity contribution < 1.29 is 9.90 Å². The maximum Gasteiger partial charge on any atom is 0.253 e. The number of fused-ring (bicyclic) bond motifs is 1. The highest BCUT2D eigenvalue weighted by Crippen LogP contribution is 2.33. The van der Waals surface area contributed by atoms with Crippen molar-refractivity contribution in [1.29, 1.82) is 0 Å². The number of nitrogens with one attached hydrogen (secondary N) is 1. The number of amides is 1. The quantitative estimate of drug-likeness (QED) is 0.714. The number of carbonyl (C=O) groups excluding carboxylic acids is 1. The lowest BCUT2D eigenvalue weighted by Gasteiger charge is -2.18. The van der Waals surface area contributed by atoms with E-state index in [1.807, 2.05) is 30.3 Å². The summed E-state index contributed by atoms with van der Waals surface area (Å²) in [5, 5.41) is 12.7. The number of benzene rings is 1. The van der Waals surface area contributed by atoms with Crippen LogP contribution in [0.25, 0.3) is 0 Å². The van der Waals surface area contributed by atoms with Gasteiger partial charge in [0.2, 0.25) is 0 Å². The van der Waals surface area contributed by atoms with E-state index in [0.29, 0.717) is 11.6 Å². The lowest BCUT2D eigenvalue weighted by Crippen LogP contribution is -2.31. The zero-order valence-corrected chi connectivity index (χ0v) is 16.9. The van der Waals surface area contributed by atoms with E-state index >= 15 is 0 Å². The summed E-state index contributed by atoms with van der Waals surface area (Å²) in [5.74, 6) is 0.804. The topological polar surface area (TPSA) is 65.5 Å². The molecule has 144 valence electrons. The van der Waals surface area contributed by atoms with Gasteiger partial charge in [-0.2, -0.15) is 0 Å². The predicted molar refractivity (Wildman–Crippen MR) is 109 cm³/mol. The molecule has 0 saturated carbocycles. The second-order valence-electron chi connectivity index (χ2n) is 6.82. The van der Waals surface area contributed by atoms with Crippen molar-refractivity contribution in [3.63, 3.8) is 0 Å². The molecule has 0 aliphatic carbocycles. The first-order valence-corrected chi connectivity index (χ1v) is 10.4. The Morgan fingerprint density at radius 1 is 1.37 bits per heavy atom. The van der Waals surface area contributed by atoms with Gasteiger partial charge in [0.25, 0.3) is 5.91 Å². The van der Waals surface area contributed by atoms with Crippen molar-refractivity contribution in [3.8, 4) is 0 Å². The van der Waals surface area contributed by atoms with Crippen LogP contribution in [0.2, 0.25) is 0 Å². The molecule has 1 aliphatic heterocycles. The molecule has 2 unspecified atom stereocenters. The number of hydrogen-bond donors (Lipinski definition) is 2. The average molecular weight is 386 g/mol. The normalized spacial score (nSPS) is 17.6. The molecule has 1 aromatic carbocycles. The van der Waals surface area contributed by atoms with Gasteiger partial charge < -0.3 is 10.4 Å². The predicted octanol–water partition coefficient (Wildman–Crippen LogP) is 3.55. The summed E-state index contributed by atoms with van der Waals surface area (Å²) in [6.45, 7) is 4.92. The van der Waals surface area contributed by atoms with E-state index in [0.717, 1.165) is 35.5 Å². The second kappa shape index (κ2) is 8.87. The maximum absolute atomic E-state index is 12.7. The van der Waals surface area contributed by atoms with Gasteiger partial charge in [-0.1, -0.05) is 26.0 Å². The van der Waals surface area contributed by atoms with Crippen LogP contribution in [0.3, 0.4) is 0 Å². The van der Waals surface area contributed by atoms with Gasteiger partial charge >= 0.3 is 0 Å². The fraction of sp³-hybridized carbons (Fsp3) is 0.429. The molecule has 2 heterocycles. The van der Waals surface area contributed by atoms with Crippen LogP contribution in [0.4, 0.5) is 0 Å². The Kier molecular flexibility index (Phi) is 6.52. The Hall–Kier alpha value is -1.89. The first kappa shape index (κ1) is 19.9. The van der Waals surface area contributed by atoms with Gasteiger partial charge in [0.1, 0.15) is 0 Å². The van der Waals surface area contributed by atoms with E-state index in [1.54, 1.807) is 18.0 Å². The summed E-state index contributed by atoms with van der Waals surface area (Å²) < 4.78 is 0. The SMILES string of the molecule is CCSc1ccc(C(CO)NC(=O)c2cnc3c(c2)CN(C)C3CC)cc1. The highest BCUT2D eigenvalue weighted by Gasteiger charge is 2.28. The average Bonchev–Trinajstić information content (AvgIpc) is 3.00. The van der Waals surface area contributed by atoms with Gasteiger partial charge in [-0.15, -0.1) is 11.8 Å². The molecule has 2 N–H and O–H groups in total. The van der Waals surface area contributed by atoms with Gasteiger partial charge in [0.05, 0.1) is 29.9 Å². The largest absolute Gasteiger partial charge is 0.394 e. The van der Waals surface area contributed by atoms with E-state index < -0.39 is 6.04 Å². The first-order valence-electron chi connectivity index (χ1n) is 9.40. The van der Waals surface area contributed by atoms with Crippen LogP contribution in [-0.2, 0) is 6.54 Å². The molecular weight excluding hydrogens is 358 g/mol. The Labute approximate surface area is 165 Å². The Morgan fingerprint density at radius 2 is 2.11 bits per heavy atom. The van der Waals surface area contributed by atoms with E-state index in [1.165, 1.54) is 4.90 Å². The molecule has 5 nitrogen and oxygen atoms in total. The zero-order valence-electron chi connectivity index (χ0n) is 16.1. The number of rotatable bonds is 7. The van der Waals surface area contributed by atoms with Gasteiger partial charge in [-0.25, -0.2) is 0 Å². The number of aliphatic hydroxyl groups excluding tert-OH is 1. The highest BCUT2D eigenvalue weighted by atomic mass is 32.2. The molecule has 3 rings (SSSR count). The van der Waals surface area contributed by atoms with Crippen LogP contribution >= 0.6 is 11.8 Å². The fourth-order valence-corrected chi connectivity index (χ4v) is 4.27. The zero-order chi connectivity index (χ0) is 19.4. The molecule has 0 saturated heterocycles. The molecule has 2 aromatic rings.